The molecule has 0 saturated carbocycles. The molecule has 1 aromatic carbocycles. The molecule has 2 N–H and O–H groups in total. The van der Waals surface area contributed by atoms with Crippen molar-refractivity contribution in [3.8, 4) is 0 Å². The lowest BCUT2D eigenvalue weighted by Crippen LogP contribution is -2.40. The first-order valence-corrected chi connectivity index (χ1v) is 11.2. The Labute approximate surface area is 175 Å². The van der Waals surface area contributed by atoms with E-state index in [1.807, 2.05) is 11.5 Å². The third kappa shape index (κ3) is 4.63. The number of benzene rings is 1. The van der Waals surface area contributed by atoms with Gasteiger partial charge in [0.05, 0.1) is 35.6 Å². The Morgan fingerprint density at radius 2 is 2.00 bits per heavy atom. The molecule has 0 spiro atoms. The molecule has 10 nitrogen and oxygen atoms in total. The second-order valence-electron chi connectivity index (χ2n) is 6.97. The van der Waals surface area contributed by atoms with Crippen molar-refractivity contribution in [2.45, 2.75) is 44.2 Å². The van der Waals surface area contributed by atoms with Gasteiger partial charge in [0.1, 0.15) is 5.82 Å². The number of carbonyl (C=O) groups excluding carboxylic acids is 2. The summed E-state index contributed by atoms with van der Waals surface area (Å²) in [4.78, 5) is 27.7. The molecule has 11 heteroatoms. The third-order valence-corrected chi connectivity index (χ3v) is 6.88. The third-order valence-electron chi connectivity index (χ3n) is 4.98. The van der Waals surface area contributed by atoms with E-state index in [9.17, 15) is 18.0 Å². The fraction of sp³-hybridized carbons (Fsp3) is 0.526. The molecule has 1 aliphatic rings. The Morgan fingerprint density at radius 1 is 1.30 bits per heavy atom. The zero-order valence-electron chi connectivity index (χ0n) is 17.0. The summed E-state index contributed by atoms with van der Waals surface area (Å²) < 4.78 is 39.3. The lowest BCUT2D eigenvalue weighted by atomic mass is 10.3. The van der Waals surface area contributed by atoms with Gasteiger partial charge in [0.2, 0.25) is 10.0 Å². The number of sulfonamides is 1. The summed E-state index contributed by atoms with van der Waals surface area (Å²) >= 11 is 0. The summed E-state index contributed by atoms with van der Waals surface area (Å²) in [5.74, 6) is -0.623. The Hall–Kier alpha value is -2.50. The number of primary amides is 1. The first kappa shape index (κ1) is 22.2. The van der Waals surface area contributed by atoms with Crippen LogP contribution in [-0.4, -0.2) is 66.6 Å². The lowest BCUT2D eigenvalue weighted by Gasteiger charge is -2.26. The van der Waals surface area contributed by atoms with Gasteiger partial charge in [0.25, 0.3) is 5.91 Å². The molecule has 0 bridgehead atoms. The van der Waals surface area contributed by atoms with Crippen molar-refractivity contribution in [2.75, 3.05) is 26.3 Å². The molecule has 1 atom stereocenters. The van der Waals surface area contributed by atoms with Crippen LogP contribution in [0.2, 0.25) is 0 Å². The highest BCUT2D eigenvalue weighted by Crippen LogP contribution is 2.24. The van der Waals surface area contributed by atoms with Crippen molar-refractivity contribution in [1.82, 2.24) is 13.9 Å². The topological polar surface area (TPSA) is 134 Å². The summed E-state index contributed by atoms with van der Waals surface area (Å²) in [5.41, 5.74) is 6.43. The van der Waals surface area contributed by atoms with E-state index < -0.39 is 28.0 Å². The van der Waals surface area contributed by atoms with E-state index in [0.29, 0.717) is 50.6 Å². The molecule has 1 aromatic heterocycles. The minimum Gasteiger partial charge on any atom is -0.453 e. The maximum atomic E-state index is 12.9. The number of imidazole rings is 1. The molecular formula is C19H26N4O6S. The maximum Gasteiger partial charge on any atom is 0.307 e. The van der Waals surface area contributed by atoms with Crippen LogP contribution in [0.4, 0.5) is 0 Å². The molecule has 2 heterocycles. The van der Waals surface area contributed by atoms with E-state index in [1.54, 1.807) is 18.2 Å². The van der Waals surface area contributed by atoms with Crippen molar-refractivity contribution in [3.63, 3.8) is 0 Å². The van der Waals surface area contributed by atoms with Crippen LogP contribution in [-0.2, 0) is 42.1 Å². The van der Waals surface area contributed by atoms with Crippen molar-refractivity contribution in [2.24, 2.45) is 5.73 Å². The number of aromatic nitrogens is 2. The van der Waals surface area contributed by atoms with Crippen LogP contribution in [0.25, 0.3) is 11.0 Å². The predicted molar refractivity (Wildman–Crippen MR) is 108 cm³/mol. The highest BCUT2D eigenvalue weighted by atomic mass is 32.2. The second kappa shape index (κ2) is 9.11. The zero-order valence-corrected chi connectivity index (χ0v) is 17.9. The number of ether oxygens (including phenoxy) is 2. The minimum absolute atomic E-state index is 0.0277. The number of morpholine rings is 1. The highest BCUT2D eigenvalue weighted by molar-refractivity contribution is 7.89. The molecule has 0 unspecified atom stereocenters. The van der Waals surface area contributed by atoms with Gasteiger partial charge in [0.15, 0.2) is 6.10 Å². The maximum absolute atomic E-state index is 12.9. The molecule has 1 aliphatic heterocycles. The van der Waals surface area contributed by atoms with Crippen LogP contribution >= 0.6 is 0 Å². The van der Waals surface area contributed by atoms with Gasteiger partial charge in [-0.15, -0.1) is 0 Å². The molecule has 164 valence electrons. The Balaban J connectivity index is 1.82. The van der Waals surface area contributed by atoms with Crippen LogP contribution in [0.3, 0.4) is 0 Å². The van der Waals surface area contributed by atoms with E-state index in [0.717, 1.165) is 5.52 Å². The molecule has 1 amide bonds. The normalized spacial score (nSPS) is 16.5. The summed E-state index contributed by atoms with van der Waals surface area (Å²) in [6.07, 6.45) is -0.673. The van der Waals surface area contributed by atoms with Crippen molar-refractivity contribution in [1.29, 1.82) is 0 Å². The Kier molecular flexibility index (Phi) is 6.74. The number of esters is 1. The highest BCUT2D eigenvalue weighted by Gasteiger charge is 2.27. The number of fused-ring (bicyclic) bond motifs is 1. The van der Waals surface area contributed by atoms with Crippen LogP contribution in [0.1, 0.15) is 26.1 Å². The number of nitrogens with two attached hydrogens (primary N) is 1. The van der Waals surface area contributed by atoms with E-state index in [4.69, 9.17) is 15.2 Å². The summed E-state index contributed by atoms with van der Waals surface area (Å²) in [7, 11) is -3.62. The quantitative estimate of drug-likeness (QED) is 0.591. The largest absolute Gasteiger partial charge is 0.453 e. The molecule has 0 radical (unpaired) electrons. The average Bonchev–Trinajstić information content (AvgIpc) is 3.09. The molecule has 1 saturated heterocycles. The van der Waals surface area contributed by atoms with Gasteiger partial charge in [-0.3, -0.25) is 9.59 Å². The van der Waals surface area contributed by atoms with Crippen molar-refractivity contribution < 1.29 is 27.5 Å². The lowest BCUT2D eigenvalue weighted by molar-refractivity contribution is -0.153. The Bertz CT molecular complexity index is 1040. The van der Waals surface area contributed by atoms with E-state index in [1.165, 1.54) is 11.2 Å². The number of nitrogens with zero attached hydrogens (tertiary/aromatic N) is 3. The fourth-order valence-corrected chi connectivity index (χ4v) is 4.76. The predicted octanol–water partition coefficient (Wildman–Crippen LogP) is 0.427. The van der Waals surface area contributed by atoms with Crippen LogP contribution in [0.15, 0.2) is 23.1 Å². The number of hydrogen-bond acceptors (Lipinski definition) is 7. The summed E-state index contributed by atoms with van der Waals surface area (Å²) in [6.45, 7) is 5.35. The summed E-state index contributed by atoms with van der Waals surface area (Å²) in [6, 6.07) is 4.87. The minimum atomic E-state index is -3.62. The zero-order chi connectivity index (χ0) is 21.9. The standard InChI is InChI=1S/C19H26N4O6S/c1-3-23-16-5-4-14(30(26,27)22-8-10-28-11-9-22)12-15(16)21-17(23)6-7-18(24)29-13(2)19(20)25/h4-5,12-13H,3,6-11H2,1-2H3,(H2,20,25)/t13-/m0/s1. The van der Waals surface area contributed by atoms with Crippen LogP contribution < -0.4 is 5.73 Å². The van der Waals surface area contributed by atoms with Gasteiger partial charge in [0, 0.05) is 26.1 Å². The van der Waals surface area contributed by atoms with Crippen molar-refractivity contribution in [3.05, 3.63) is 24.0 Å². The number of amides is 1. The number of rotatable bonds is 8. The molecular weight excluding hydrogens is 412 g/mol. The molecule has 1 fully saturated rings. The van der Waals surface area contributed by atoms with Gasteiger partial charge < -0.3 is 19.8 Å². The van der Waals surface area contributed by atoms with Gasteiger partial charge in [-0.2, -0.15) is 4.31 Å². The van der Waals surface area contributed by atoms with E-state index in [-0.39, 0.29) is 11.3 Å². The van der Waals surface area contributed by atoms with E-state index in [2.05, 4.69) is 4.98 Å². The average molecular weight is 439 g/mol. The molecule has 3 rings (SSSR count). The molecule has 30 heavy (non-hydrogen) atoms. The second-order valence-corrected chi connectivity index (χ2v) is 8.91. The molecule has 2 aromatic rings. The first-order chi connectivity index (χ1) is 14.2. The van der Waals surface area contributed by atoms with E-state index >= 15 is 0 Å². The Morgan fingerprint density at radius 3 is 2.63 bits per heavy atom. The van der Waals surface area contributed by atoms with Gasteiger partial charge in [-0.25, -0.2) is 13.4 Å². The first-order valence-electron chi connectivity index (χ1n) is 9.80. The molecule has 0 aliphatic carbocycles. The van der Waals surface area contributed by atoms with Crippen LogP contribution in [0, 0.1) is 0 Å². The number of hydrogen-bond donors (Lipinski definition) is 1. The number of aryl methyl sites for hydroxylation is 2. The number of carbonyl (C=O) groups is 2. The van der Waals surface area contributed by atoms with Crippen LogP contribution in [0.5, 0.6) is 0 Å². The SMILES string of the molecule is CCn1c(CCC(=O)O[C@@H](C)C(N)=O)nc2cc(S(=O)(=O)N3CCOCC3)ccc21. The fourth-order valence-electron chi connectivity index (χ4n) is 3.33. The summed E-state index contributed by atoms with van der Waals surface area (Å²) in [5, 5.41) is 0. The monoisotopic (exact) mass is 438 g/mol. The van der Waals surface area contributed by atoms with Crippen molar-refractivity contribution >= 4 is 32.9 Å². The van der Waals surface area contributed by atoms with Gasteiger partial charge in [-0.1, -0.05) is 0 Å². The smallest absolute Gasteiger partial charge is 0.307 e. The van der Waals surface area contributed by atoms with Gasteiger partial charge in [-0.05, 0) is 32.0 Å². The van der Waals surface area contributed by atoms with Gasteiger partial charge >= 0.3 is 5.97 Å².